The fourth-order valence-corrected chi connectivity index (χ4v) is 3.31. The monoisotopic (exact) mass is 292 g/mol. The summed E-state index contributed by atoms with van der Waals surface area (Å²) in [4.78, 5) is 4.33. The van der Waals surface area contributed by atoms with E-state index in [1.54, 1.807) is 19.2 Å². The lowest BCUT2D eigenvalue weighted by Crippen LogP contribution is -1.92. The van der Waals surface area contributed by atoms with Gasteiger partial charge in [-0.25, -0.2) is 4.99 Å². The Morgan fingerprint density at radius 3 is 2.75 bits per heavy atom. The molecule has 0 saturated carbocycles. The van der Waals surface area contributed by atoms with Gasteiger partial charge >= 0.3 is 0 Å². The van der Waals surface area contributed by atoms with E-state index in [0.717, 1.165) is 5.69 Å². The molecular weight excluding hydrogens is 287 g/mol. The van der Waals surface area contributed by atoms with Crippen molar-refractivity contribution >= 4 is 49.8 Å². The van der Waals surface area contributed by atoms with Crippen LogP contribution in [0.25, 0.3) is 0 Å². The van der Waals surface area contributed by atoms with E-state index in [0.29, 0.717) is 20.6 Å². The quantitative estimate of drug-likeness (QED) is 0.790. The van der Waals surface area contributed by atoms with Crippen LogP contribution in [-0.4, -0.2) is 11.5 Å². The third-order valence-electron chi connectivity index (χ3n) is 1.78. The molecule has 1 aromatic carbocycles. The van der Waals surface area contributed by atoms with Crippen LogP contribution in [0.3, 0.4) is 0 Å². The van der Waals surface area contributed by atoms with Crippen LogP contribution in [0.15, 0.2) is 23.2 Å². The zero-order valence-corrected chi connectivity index (χ0v) is 11.3. The first-order valence-corrected chi connectivity index (χ1v) is 7.07. The molecule has 2 aromatic rings. The van der Waals surface area contributed by atoms with Crippen molar-refractivity contribution in [2.24, 2.45) is 4.99 Å². The Hall–Kier alpha value is -0.620. The number of methoxy groups -OCH3 is 1. The van der Waals surface area contributed by atoms with Gasteiger partial charge in [-0.15, -0.1) is 0 Å². The second-order valence-corrected chi connectivity index (χ2v) is 5.37. The maximum Gasteiger partial charge on any atom is 0.179 e. The Labute approximate surface area is 110 Å². The molecule has 0 spiro atoms. The molecule has 0 bridgehead atoms. The fraction of sp³-hybridized carbons (Fsp3) is 0.111. The van der Waals surface area contributed by atoms with Crippen LogP contribution in [-0.2, 0) is 0 Å². The lowest BCUT2D eigenvalue weighted by molar-refractivity contribution is 0.415. The molecule has 84 valence electrons. The van der Waals surface area contributed by atoms with E-state index >= 15 is 0 Å². The lowest BCUT2D eigenvalue weighted by atomic mass is 10.3. The van der Waals surface area contributed by atoms with E-state index in [9.17, 15) is 0 Å². The molecule has 0 atom stereocenters. The minimum Gasteiger partial charge on any atom is -0.495 e. The predicted octanol–water partition coefficient (Wildman–Crippen LogP) is 3.75. The van der Waals surface area contributed by atoms with Gasteiger partial charge < -0.3 is 4.74 Å². The van der Waals surface area contributed by atoms with Crippen LogP contribution >= 0.6 is 44.1 Å². The van der Waals surface area contributed by atoms with Gasteiger partial charge in [-0.2, -0.15) is 4.37 Å². The summed E-state index contributed by atoms with van der Waals surface area (Å²) >= 11 is 11.8. The van der Waals surface area contributed by atoms with Crippen LogP contribution in [0.1, 0.15) is 0 Å². The molecule has 2 rings (SSSR count). The molecule has 0 aliphatic carbocycles. The summed E-state index contributed by atoms with van der Waals surface area (Å²) in [7, 11) is 4.29. The van der Waals surface area contributed by atoms with Crippen molar-refractivity contribution in [3.05, 3.63) is 33.0 Å². The standard InChI is InChI=1S/C9H6Cl2N2OS2/c1-14-7-3-2-5(4-6(7)10)12-9-8(11)13-16-15-9/h2-4H,1H3. The van der Waals surface area contributed by atoms with Crippen molar-refractivity contribution < 1.29 is 4.74 Å². The smallest absolute Gasteiger partial charge is 0.179 e. The maximum atomic E-state index is 5.98. The summed E-state index contributed by atoms with van der Waals surface area (Å²) in [6, 6.07) is 5.30. The summed E-state index contributed by atoms with van der Waals surface area (Å²) in [5.41, 5.74) is 0.726. The first-order valence-electron chi connectivity index (χ1n) is 4.20. The highest BCUT2D eigenvalue weighted by Gasteiger charge is 2.02. The van der Waals surface area contributed by atoms with E-state index < -0.39 is 0 Å². The Morgan fingerprint density at radius 1 is 1.38 bits per heavy atom. The normalized spacial score (nSPS) is 11.8. The van der Waals surface area contributed by atoms with Gasteiger partial charge in [0.1, 0.15) is 5.75 Å². The Balaban J connectivity index is 2.44. The van der Waals surface area contributed by atoms with E-state index in [1.165, 1.54) is 20.9 Å². The number of halogens is 2. The molecule has 0 amide bonds. The van der Waals surface area contributed by atoms with Crippen molar-refractivity contribution in [1.29, 1.82) is 0 Å². The van der Waals surface area contributed by atoms with Crippen LogP contribution < -0.4 is 9.41 Å². The van der Waals surface area contributed by atoms with Crippen LogP contribution in [0, 0.1) is 0 Å². The number of benzene rings is 1. The van der Waals surface area contributed by atoms with Gasteiger partial charge in [0.2, 0.25) is 0 Å². The third-order valence-corrected chi connectivity index (χ3v) is 4.24. The number of ether oxygens (including phenoxy) is 1. The lowest BCUT2D eigenvalue weighted by Gasteiger charge is -2.02. The predicted molar refractivity (Wildman–Crippen MR) is 68.2 cm³/mol. The molecule has 0 fully saturated rings. The fourth-order valence-electron chi connectivity index (χ4n) is 1.07. The molecule has 0 aliphatic rings. The number of aromatic nitrogens is 1. The Kier molecular flexibility index (Phi) is 3.81. The van der Waals surface area contributed by atoms with Gasteiger partial charge in [-0.3, -0.25) is 0 Å². The van der Waals surface area contributed by atoms with Gasteiger partial charge in [0.25, 0.3) is 0 Å². The Bertz CT molecular complexity index is 565. The van der Waals surface area contributed by atoms with Crippen LogP contribution in [0.2, 0.25) is 10.2 Å². The van der Waals surface area contributed by atoms with E-state index in [1.807, 2.05) is 6.07 Å². The second kappa shape index (κ2) is 5.14. The molecule has 3 nitrogen and oxygen atoms in total. The van der Waals surface area contributed by atoms with Gasteiger partial charge in [-0.05, 0) is 28.5 Å². The maximum absolute atomic E-state index is 5.98. The zero-order valence-electron chi connectivity index (χ0n) is 8.11. The first kappa shape index (κ1) is 11.9. The second-order valence-electron chi connectivity index (χ2n) is 2.78. The van der Waals surface area contributed by atoms with Gasteiger partial charge in [0, 0.05) is 10.5 Å². The van der Waals surface area contributed by atoms with Crippen molar-refractivity contribution in [2.75, 3.05) is 7.11 Å². The molecule has 0 N–H and O–H groups in total. The van der Waals surface area contributed by atoms with Gasteiger partial charge in [0.05, 0.1) is 17.8 Å². The summed E-state index contributed by atoms with van der Waals surface area (Å²) in [5.74, 6) is 0.624. The molecule has 16 heavy (non-hydrogen) atoms. The minimum absolute atomic E-state index is 0.418. The van der Waals surface area contributed by atoms with Crippen LogP contribution in [0.5, 0.6) is 5.75 Å². The number of hydrogen-bond donors (Lipinski definition) is 0. The topological polar surface area (TPSA) is 34.5 Å². The molecule has 7 heteroatoms. The van der Waals surface area contributed by atoms with E-state index in [-0.39, 0.29) is 0 Å². The molecule has 0 aliphatic heterocycles. The highest BCUT2D eigenvalue weighted by Crippen LogP contribution is 2.28. The number of nitrogens with zero attached hydrogens (tertiary/aromatic N) is 2. The summed E-state index contributed by atoms with van der Waals surface area (Å²) in [6.07, 6.45) is 0. The first-order chi connectivity index (χ1) is 7.70. The van der Waals surface area contributed by atoms with Crippen molar-refractivity contribution in [3.8, 4) is 5.75 Å². The van der Waals surface area contributed by atoms with Crippen molar-refractivity contribution in [3.63, 3.8) is 0 Å². The van der Waals surface area contributed by atoms with E-state index in [4.69, 9.17) is 27.9 Å². The average Bonchev–Trinajstić information content (AvgIpc) is 2.65. The summed E-state index contributed by atoms with van der Waals surface area (Å²) < 4.78 is 9.68. The summed E-state index contributed by atoms with van der Waals surface area (Å²) in [6.45, 7) is 0. The largest absolute Gasteiger partial charge is 0.495 e. The average molecular weight is 293 g/mol. The molecular formula is C9H6Cl2N2OS2. The zero-order chi connectivity index (χ0) is 11.5. The molecule has 1 heterocycles. The molecule has 0 radical (unpaired) electrons. The van der Waals surface area contributed by atoms with Crippen molar-refractivity contribution in [2.45, 2.75) is 0 Å². The van der Waals surface area contributed by atoms with Crippen molar-refractivity contribution in [1.82, 2.24) is 4.37 Å². The minimum atomic E-state index is 0.418. The number of rotatable bonds is 2. The Morgan fingerprint density at radius 2 is 2.19 bits per heavy atom. The van der Waals surface area contributed by atoms with Gasteiger partial charge in [-0.1, -0.05) is 23.2 Å². The third kappa shape index (κ3) is 2.55. The van der Waals surface area contributed by atoms with Gasteiger partial charge in [0.15, 0.2) is 9.82 Å². The molecule has 0 unspecified atom stereocenters. The highest BCUT2D eigenvalue weighted by molar-refractivity contribution is 7.66. The van der Waals surface area contributed by atoms with E-state index in [2.05, 4.69) is 9.37 Å². The summed E-state index contributed by atoms with van der Waals surface area (Å²) in [5, 5.41) is 0.940. The highest BCUT2D eigenvalue weighted by atomic mass is 35.5. The molecule has 1 aromatic heterocycles. The number of hydrogen-bond acceptors (Lipinski definition) is 5. The SMILES string of the molecule is COc1ccc(N=c2ssnc2Cl)cc1Cl. The molecule has 0 saturated heterocycles. The van der Waals surface area contributed by atoms with Crippen LogP contribution in [0.4, 0.5) is 5.69 Å².